The van der Waals surface area contributed by atoms with Crippen LogP contribution in [0, 0.1) is 11.8 Å². The lowest BCUT2D eigenvalue weighted by atomic mass is 10.1. The maximum Gasteiger partial charge on any atom is 0.118 e. The normalized spacial score (nSPS) is 12.0. The first-order valence-electron chi connectivity index (χ1n) is 6.51. The first-order valence-corrected chi connectivity index (χ1v) is 6.51. The Hall–Kier alpha value is -0.800. The first-order chi connectivity index (χ1) is 8.01. The molecule has 17 heavy (non-hydrogen) atoms. The molecule has 1 rings (SSSR count). The third-order valence-corrected chi connectivity index (χ3v) is 2.54. The summed E-state index contributed by atoms with van der Waals surface area (Å²) in [5, 5.41) is 0. The number of hydrogen-bond donors (Lipinski definition) is 1. The van der Waals surface area contributed by atoms with E-state index in [1.54, 1.807) is 0 Å². The molecule has 0 aliphatic heterocycles. The van der Waals surface area contributed by atoms with E-state index in [1.807, 2.05) is 12.1 Å². The lowest BCUT2D eigenvalue weighted by molar-refractivity contribution is 0.195. The van der Waals surface area contributed by atoms with Crippen molar-refractivity contribution in [3.05, 3.63) is 23.7 Å². The molecule has 0 bridgehead atoms. The van der Waals surface area contributed by atoms with E-state index in [0.717, 1.165) is 31.2 Å². The van der Waals surface area contributed by atoms with Crippen LogP contribution in [-0.2, 0) is 13.1 Å². The van der Waals surface area contributed by atoms with Gasteiger partial charge >= 0.3 is 0 Å². The van der Waals surface area contributed by atoms with Crippen LogP contribution in [0.1, 0.15) is 39.2 Å². The fraction of sp³-hybridized carbons (Fsp3) is 0.714. The molecular formula is C14H26N2O. The van der Waals surface area contributed by atoms with Crippen molar-refractivity contribution in [2.24, 2.45) is 17.6 Å². The molecule has 0 radical (unpaired) electrons. The monoisotopic (exact) mass is 238 g/mol. The van der Waals surface area contributed by atoms with Gasteiger partial charge in [-0.2, -0.15) is 0 Å². The highest BCUT2D eigenvalue weighted by molar-refractivity contribution is 5.06. The topological polar surface area (TPSA) is 42.4 Å². The van der Waals surface area contributed by atoms with Crippen LogP contribution in [0.3, 0.4) is 0 Å². The van der Waals surface area contributed by atoms with Crippen molar-refractivity contribution in [3.8, 4) is 0 Å². The summed E-state index contributed by atoms with van der Waals surface area (Å²) in [6.45, 7) is 12.6. The summed E-state index contributed by atoms with van der Waals surface area (Å²) in [6.07, 6.45) is 0. The molecule has 0 aliphatic carbocycles. The van der Waals surface area contributed by atoms with Crippen molar-refractivity contribution in [1.82, 2.24) is 4.90 Å². The zero-order valence-corrected chi connectivity index (χ0v) is 11.6. The number of nitrogens with two attached hydrogens (primary N) is 1. The molecule has 0 fully saturated rings. The largest absolute Gasteiger partial charge is 0.463 e. The Morgan fingerprint density at radius 3 is 2.00 bits per heavy atom. The standard InChI is InChI=1S/C14H26N2O/c1-11(2)8-16(9-12(3)4)10-14-6-5-13(7-15)17-14/h5-6,11-12H,7-10,15H2,1-4H3. The van der Waals surface area contributed by atoms with E-state index in [2.05, 4.69) is 32.6 Å². The number of nitrogens with zero attached hydrogens (tertiary/aromatic N) is 1. The smallest absolute Gasteiger partial charge is 0.118 e. The maximum atomic E-state index is 5.66. The van der Waals surface area contributed by atoms with Gasteiger partial charge < -0.3 is 10.2 Å². The average Bonchev–Trinajstić information content (AvgIpc) is 2.63. The molecule has 1 aromatic rings. The van der Waals surface area contributed by atoms with Crippen molar-refractivity contribution in [1.29, 1.82) is 0 Å². The molecule has 0 aromatic carbocycles. The number of hydrogen-bond acceptors (Lipinski definition) is 3. The molecular weight excluding hydrogens is 212 g/mol. The fourth-order valence-electron chi connectivity index (χ4n) is 2.07. The summed E-state index contributed by atoms with van der Waals surface area (Å²) in [5.41, 5.74) is 5.55. The van der Waals surface area contributed by atoms with Gasteiger partial charge in [-0.15, -0.1) is 0 Å². The summed E-state index contributed by atoms with van der Waals surface area (Å²) < 4.78 is 5.66. The van der Waals surface area contributed by atoms with Crippen LogP contribution in [0.25, 0.3) is 0 Å². The van der Waals surface area contributed by atoms with E-state index in [1.165, 1.54) is 0 Å². The van der Waals surface area contributed by atoms with Gasteiger partial charge in [0, 0.05) is 13.1 Å². The van der Waals surface area contributed by atoms with Gasteiger partial charge in [0.25, 0.3) is 0 Å². The van der Waals surface area contributed by atoms with Crippen molar-refractivity contribution in [2.75, 3.05) is 13.1 Å². The lowest BCUT2D eigenvalue weighted by Crippen LogP contribution is -2.30. The van der Waals surface area contributed by atoms with Gasteiger partial charge in [0.2, 0.25) is 0 Å². The highest BCUT2D eigenvalue weighted by Gasteiger charge is 2.12. The van der Waals surface area contributed by atoms with Crippen molar-refractivity contribution < 1.29 is 4.42 Å². The van der Waals surface area contributed by atoms with Crippen LogP contribution in [0.2, 0.25) is 0 Å². The molecule has 0 atom stereocenters. The van der Waals surface area contributed by atoms with Crippen LogP contribution in [0.5, 0.6) is 0 Å². The molecule has 1 aromatic heterocycles. The van der Waals surface area contributed by atoms with Gasteiger partial charge in [0.05, 0.1) is 13.1 Å². The zero-order chi connectivity index (χ0) is 12.8. The van der Waals surface area contributed by atoms with Crippen molar-refractivity contribution in [2.45, 2.75) is 40.8 Å². The predicted octanol–water partition coefficient (Wildman–Crippen LogP) is 2.85. The second kappa shape index (κ2) is 6.82. The van der Waals surface area contributed by atoms with E-state index in [9.17, 15) is 0 Å². The summed E-state index contributed by atoms with van der Waals surface area (Å²) in [4.78, 5) is 2.45. The fourth-order valence-corrected chi connectivity index (χ4v) is 2.07. The molecule has 0 saturated heterocycles. The van der Waals surface area contributed by atoms with E-state index in [-0.39, 0.29) is 0 Å². The van der Waals surface area contributed by atoms with Crippen molar-refractivity contribution in [3.63, 3.8) is 0 Å². The number of furan rings is 1. The van der Waals surface area contributed by atoms with Crippen LogP contribution in [0.4, 0.5) is 0 Å². The Kier molecular flexibility index (Phi) is 5.72. The molecule has 0 aliphatic rings. The van der Waals surface area contributed by atoms with Gasteiger partial charge in [-0.05, 0) is 24.0 Å². The van der Waals surface area contributed by atoms with Gasteiger partial charge in [0.1, 0.15) is 11.5 Å². The predicted molar refractivity (Wildman–Crippen MR) is 71.6 cm³/mol. The Balaban J connectivity index is 2.57. The van der Waals surface area contributed by atoms with Crippen LogP contribution < -0.4 is 5.73 Å². The van der Waals surface area contributed by atoms with E-state index in [4.69, 9.17) is 10.2 Å². The summed E-state index contributed by atoms with van der Waals surface area (Å²) >= 11 is 0. The SMILES string of the molecule is CC(C)CN(Cc1ccc(CN)o1)CC(C)C. The minimum Gasteiger partial charge on any atom is -0.463 e. The molecule has 0 spiro atoms. The molecule has 1 heterocycles. The Labute approximate surface area is 105 Å². The molecule has 3 nitrogen and oxygen atoms in total. The molecule has 0 amide bonds. The van der Waals surface area contributed by atoms with Gasteiger partial charge in [-0.1, -0.05) is 27.7 Å². The third-order valence-electron chi connectivity index (χ3n) is 2.54. The minimum absolute atomic E-state index is 0.481. The van der Waals surface area contributed by atoms with Crippen LogP contribution >= 0.6 is 0 Å². The average molecular weight is 238 g/mol. The van der Waals surface area contributed by atoms with Gasteiger partial charge in [-0.25, -0.2) is 0 Å². The maximum absolute atomic E-state index is 5.66. The quantitative estimate of drug-likeness (QED) is 0.794. The van der Waals surface area contributed by atoms with Crippen molar-refractivity contribution >= 4 is 0 Å². The molecule has 3 heteroatoms. The van der Waals surface area contributed by atoms with Crippen LogP contribution in [-0.4, -0.2) is 18.0 Å². The molecule has 2 N–H and O–H groups in total. The summed E-state index contributed by atoms with van der Waals surface area (Å²) in [7, 11) is 0. The zero-order valence-electron chi connectivity index (χ0n) is 11.6. The molecule has 0 saturated carbocycles. The lowest BCUT2D eigenvalue weighted by Gasteiger charge is -2.25. The Morgan fingerprint density at radius 2 is 1.59 bits per heavy atom. The first kappa shape index (κ1) is 14.3. The Morgan fingerprint density at radius 1 is 1.06 bits per heavy atom. The van der Waals surface area contributed by atoms with Gasteiger partial charge in [0.15, 0.2) is 0 Å². The minimum atomic E-state index is 0.481. The van der Waals surface area contributed by atoms with E-state index >= 15 is 0 Å². The van der Waals surface area contributed by atoms with E-state index < -0.39 is 0 Å². The summed E-state index contributed by atoms with van der Waals surface area (Å²) in [5.74, 6) is 3.25. The Bertz CT molecular complexity index is 308. The van der Waals surface area contributed by atoms with E-state index in [0.29, 0.717) is 18.4 Å². The second-order valence-electron chi connectivity index (χ2n) is 5.55. The highest BCUT2D eigenvalue weighted by atomic mass is 16.3. The third kappa shape index (κ3) is 5.37. The highest BCUT2D eigenvalue weighted by Crippen LogP contribution is 2.13. The van der Waals surface area contributed by atoms with Crippen LogP contribution in [0.15, 0.2) is 16.5 Å². The molecule has 98 valence electrons. The second-order valence-corrected chi connectivity index (χ2v) is 5.55. The number of rotatable bonds is 7. The summed E-state index contributed by atoms with van der Waals surface area (Å²) in [6, 6.07) is 4.01. The van der Waals surface area contributed by atoms with Gasteiger partial charge in [-0.3, -0.25) is 4.90 Å². The molecule has 0 unspecified atom stereocenters.